The molecule has 0 amide bonds. The van der Waals surface area contributed by atoms with Gasteiger partial charge in [-0.25, -0.2) is 4.72 Å². The van der Waals surface area contributed by atoms with Crippen LogP contribution in [0.2, 0.25) is 0 Å². The fourth-order valence-electron chi connectivity index (χ4n) is 0.669. The lowest BCUT2D eigenvalue weighted by atomic mass is 10.4. The van der Waals surface area contributed by atoms with Crippen molar-refractivity contribution in [2.24, 2.45) is 5.73 Å². The lowest BCUT2D eigenvalue weighted by Crippen LogP contribution is -2.35. The number of aliphatic carboxylic acids is 3. The number of nitrogens with two attached hydrogens (primary N) is 1. The van der Waals surface area contributed by atoms with Crippen LogP contribution in [0.3, 0.4) is 0 Å². The molecule has 0 aliphatic carbocycles. The maximum Gasteiger partial charge on any atom is 0.322 e. The fourth-order valence-corrected chi connectivity index (χ4v) is 3.64. The quantitative estimate of drug-likeness (QED) is 0.190. The summed E-state index contributed by atoms with van der Waals surface area (Å²) in [6, 6.07) is -1.90. The molecule has 0 radical (unpaired) electrons. The molecule has 0 rings (SSSR count). The molecule has 0 spiro atoms. The standard InChI is InChI=1S/C8H14N2O6S3/c9-4(7(13)14)1-18-19-2-5(8(15)16)10-17-3-6(11)12/h4-5,10H,1-3,9H2,(H,11,12)(H,13,14)(H,15,16)/t4?,5-/m0/s1. The molecule has 0 aromatic rings. The van der Waals surface area contributed by atoms with E-state index in [1.54, 1.807) is 0 Å². The predicted octanol–water partition coefficient (Wildman–Crippen LogP) is -0.445. The molecule has 11 heteroatoms. The van der Waals surface area contributed by atoms with Gasteiger partial charge in [0.05, 0.1) is 0 Å². The molecule has 2 atom stereocenters. The summed E-state index contributed by atoms with van der Waals surface area (Å²) in [5.74, 6) is -3.18. The Bertz CT molecular complexity index is 330. The second kappa shape index (κ2) is 10.2. The lowest BCUT2D eigenvalue weighted by molar-refractivity contribution is -0.139. The van der Waals surface area contributed by atoms with Gasteiger partial charge in [0.15, 0.2) is 0 Å². The molecule has 1 unspecified atom stereocenters. The van der Waals surface area contributed by atoms with Crippen molar-refractivity contribution in [2.45, 2.75) is 12.1 Å². The highest BCUT2D eigenvalue weighted by Gasteiger charge is 2.18. The Morgan fingerprint density at radius 1 is 1.05 bits per heavy atom. The summed E-state index contributed by atoms with van der Waals surface area (Å²) in [4.78, 5) is 31.5. The highest BCUT2D eigenvalue weighted by molar-refractivity contribution is 8.76. The van der Waals surface area contributed by atoms with Crippen molar-refractivity contribution in [3.8, 4) is 0 Å². The Kier molecular flexibility index (Phi) is 9.87. The molecule has 0 saturated heterocycles. The Morgan fingerprint density at radius 3 is 2.11 bits per heavy atom. The Labute approximate surface area is 121 Å². The van der Waals surface area contributed by atoms with E-state index in [-0.39, 0.29) is 17.3 Å². The minimum Gasteiger partial charge on any atom is -0.481 e. The highest BCUT2D eigenvalue weighted by atomic mass is 33.1. The van der Waals surface area contributed by atoms with Crippen LogP contribution in [-0.2, 0) is 14.4 Å². The molecule has 19 heavy (non-hydrogen) atoms. The zero-order chi connectivity index (χ0) is 14.8. The van der Waals surface area contributed by atoms with E-state index in [0.29, 0.717) is 0 Å². The van der Waals surface area contributed by atoms with Gasteiger partial charge in [0, 0.05) is 11.5 Å². The van der Waals surface area contributed by atoms with Crippen molar-refractivity contribution in [1.29, 1.82) is 0 Å². The van der Waals surface area contributed by atoms with Gasteiger partial charge in [0.2, 0.25) is 0 Å². The summed E-state index contributed by atoms with van der Waals surface area (Å²) >= 11 is 0.795. The van der Waals surface area contributed by atoms with Crippen LogP contribution in [0.5, 0.6) is 0 Å². The normalized spacial score (nSPS) is 13.7. The van der Waals surface area contributed by atoms with Gasteiger partial charge in [0.25, 0.3) is 0 Å². The van der Waals surface area contributed by atoms with Crippen LogP contribution >= 0.6 is 33.5 Å². The van der Waals surface area contributed by atoms with Crippen molar-refractivity contribution in [2.75, 3.05) is 17.3 Å². The first-order valence-corrected chi connectivity index (χ1v) is 8.36. The summed E-state index contributed by atoms with van der Waals surface area (Å²) in [7, 11) is 2.32. The lowest BCUT2D eigenvalue weighted by Gasteiger charge is -2.12. The molecule has 0 aliphatic heterocycles. The second-order valence-corrected chi connectivity index (χ2v) is 6.57. The molecule has 0 saturated carbocycles. The van der Waals surface area contributed by atoms with Crippen LogP contribution in [0.4, 0.5) is 0 Å². The van der Waals surface area contributed by atoms with E-state index in [1.807, 2.05) is 0 Å². The molecule has 110 valence electrons. The number of carbonyl (C=O) groups is 3. The average molecular weight is 330 g/mol. The number of hydrogen-bond acceptors (Lipinski definition) is 8. The van der Waals surface area contributed by atoms with Crippen molar-refractivity contribution in [1.82, 2.24) is 4.72 Å². The molecule has 0 aliphatic rings. The third-order valence-electron chi connectivity index (χ3n) is 1.60. The minimum absolute atomic E-state index is 0.161. The third-order valence-corrected chi connectivity index (χ3v) is 4.89. The molecule has 0 fully saturated rings. The molecule has 8 nitrogen and oxygen atoms in total. The molecule has 0 aromatic heterocycles. The van der Waals surface area contributed by atoms with Gasteiger partial charge in [-0.1, -0.05) is 33.5 Å². The van der Waals surface area contributed by atoms with E-state index in [1.165, 1.54) is 0 Å². The maximum atomic E-state index is 10.8. The first kappa shape index (κ1) is 18.4. The van der Waals surface area contributed by atoms with Crippen molar-refractivity contribution in [3.05, 3.63) is 0 Å². The van der Waals surface area contributed by atoms with Crippen LogP contribution in [-0.4, -0.2) is 62.6 Å². The SMILES string of the molecule is NC(CSSC[C@H](NSCC(=O)O)C(=O)O)C(=O)O. The van der Waals surface area contributed by atoms with Gasteiger partial charge in [0.1, 0.15) is 17.8 Å². The van der Waals surface area contributed by atoms with Gasteiger partial charge in [-0.2, -0.15) is 0 Å². The van der Waals surface area contributed by atoms with Gasteiger partial charge < -0.3 is 21.1 Å². The molecular formula is C8H14N2O6S3. The zero-order valence-corrected chi connectivity index (χ0v) is 12.1. The Hall–Kier alpha value is -0.620. The van der Waals surface area contributed by atoms with Crippen LogP contribution in [0.1, 0.15) is 0 Å². The average Bonchev–Trinajstić information content (AvgIpc) is 2.30. The topological polar surface area (TPSA) is 150 Å². The summed E-state index contributed by atoms with van der Waals surface area (Å²) in [5.41, 5.74) is 5.27. The zero-order valence-electron chi connectivity index (χ0n) is 9.64. The number of nitrogens with one attached hydrogen (secondary N) is 1. The minimum atomic E-state index is -1.11. The first-order valence-electron chi connectivity index (χ1n) is 4.89. The van der Waals surface area contributed by atoms with Gasteiger partial charge in [-0.05, 0) is 0 Å². The third kappa shape index (κ3) is 9.90. The number of carboxylic acids is 3. The summed E-state index contributed by atoms with van der Waals surface area (Å²) in [6.45, 7) is 0. The van der Waals surface area contributed by atoms with E-state index in [0.717, 1.165) is 33.5 Å². The Balaban J connectivity index is 3.86. The number of carboxylic acid groups (broad SMARTS) is 3. The van der Waals surface area contributed by atoms with Crippen LogP contribution < -0.4 is 10.5 Å². The first-order chi connectivity index (χ1) is 8.84. The largest absolute Gasteiger partial charge is 0.481 e. The van der Waals surface area contributed by atoms with Crippen LogP contribution in [0.25, 0.3) is 0 Å². The molecule has 0 aromatic carbocycles. The monoisotopic (exact) mass is 330 g/mol. The van der Waals surface area contributed by atoms with Crippen molar-refractivity contribution < 1.29 is 29.7 Å². The van der Waals surface area contributed by atoms with Crippen molar-refractivity contribution >= 4 is 51.4 Å². The van der Waals surface area contributed by atoms with Gasteiger partial charge in [-0.3, -0.25) is 14.4 Å². The maximum absolute atomic E-state index is 10.8. The Morgan fingerprint density at radius 2 is 1.63 bits per heavy atom. The van der Waals surface area contributed by atoms with Crippen molar-refractivity contribution in [3.63, 3.8) is 0 Å². The van der Waals surface area contributed by atoms with Crippen LogP contribution in [0.15, 0.2) is 0 Å². The van der Waals surface area contributed by atoms with E-state index in [2.05, 4.69) is 4.72 Å². The van der Waals surface area contributed by atoms with Crippen LogP contribution in [0, 0.1) is 0 Å². The molecule has 0 bridgehead atoms. The van der Waals surface area contributed by atoms with E-state index >= 15 is 0 Å². The van der Waals surface area contributed by atoms with Gasteiger partial charge in [-0.15, -0.1) is 0 Å². The smallest absolute Gasteiger partial charge is 0.322 e. The fraction of sp³-hybridized carbons (Fsp3) is 0.625. The van der Waals surface area contributed by atoms with E-state index in [4.69, 9.17) is 21.1 Å². The predicted molar refractivity (Wildman–Crippen MR) is 75.2 cm³/mol. The highest BCUT2D eigenvalue weighted by Crippen LogP contribution is 2.23. The summed E-state index contributed by atoms with van der Waals surface area (Å²) < 4.78 is 2.52. The molecule has 0 heterocycles. The summed E-state index contributed by atoms with van der Waals surface area (Å²) in [6.07, 6.45) is 0. The van der Waals surface area contributed by atoms with E-state index < -0.39 is 30.0 Å². The molecule has 6 N–H and O–H groups in total. The number of rotatable bonds is 11. The second-order valence-electron chi connectivity index (χ2n) is 3.20. The number of hydrogen-bond donors (Lipinski definition) is 5. The van der Waals surface area contributed by atoms with E-state index in [9.17, 15) is 14.4 Å². The van der Waals surface area contributed by atoms with Gasteiger partial charge >= 0.3 is 17.9 Å². The summed E-state index contributed by atoms with van der Waals surface area (Å²) in [5, 5.41) is 25.8. The molecular weight excluding hydrogens is 316 g/mol.